The first-order chi connectivity index (χ1) is 10.8. The number of pyridine rings is 1. The van der Waals surface area contributed by atoms with Crippen molar-refractivity contribution < 1.29 is 14.2 Å². The topological polar surface area (TPSA) is 60.6 Å². The summed E-state index contributed by atoms with van der Waals surface area (Å²) in [6, 6.07) is 3.88. The van der Waals surface area contributed by atoms with Crippen molar-refractivity contribution in [3.63, 3.8) is 0 Å². The second kappa shape index (κ2) is 5.32. The molecule has 0 amide bonds. The Bertz CT molecular complexity index is 776. The zero-order valence-corrected chi connectivity index (χ0v) is 12.6. The van der Waals surface area contributed by atoms with Gasteiger partial charge >= 0.3 is 0 Å². The Morgan fingerprint density at radius 3 is 2.64 bits per heavy atom. The minimum atomic E-state index is -0.0560. The highest BCUT2D eigenvalue weighted by Gasteiger charge is 2.30. The van der Waals surface area contributed by atoms with Crippen molar-refractivity contribution in [3.8, 4) is 11.5 Å². The predicted octanol–water partition coefficient (Wildman–Crippen LogP) is 2.71. The number of aromatic nitrogens is 1. The highest BCUT2D eigenvalue weighted by molar-refractivity contribution is 5.87. The lowest BCUT2D eigenvalue weighted by Crippen LogP contribution is -2.19. The van der Waals surface area contributed by atoms with E-state index in [1.165, 1.54) is 0 Å². The third-order valence-electron chi connectivity index (χ3n) is 4.26. The number of hydrogen-bond donors (Lipinski definition) is 1. The molecule has 2 heterocycles. The molecule has 1 aromatic carbocycles. The van der Waals surface area contributed by atoms with Gasteiger partial charge in [-0.2, -0.15) is 0 Å². The molecule has 1 aliphatic heterocycles. The van der Waals surface area contributed by atoms with E-state index in [1.807, 2.05) is 19.1 Å². The fourth-order valence-electron chi connectivity index (χ4n) is 3.08. The van der Waals surface area contributed by atoms with Gasteiger partial charge in [-0.3, -0.25) is 4.79 Å². The summed E-state index contributed by atoms with van der Waals surface area (Å²) >= 11 is 0. The lowest BCUT2D eigenvalue weighted by molar-refractivity contribution is 0.132. The van der Waals surface area contributed by atoms with Gasteiger partial charge in [0, 0.05) is 23.6 Å². The Kier molecular flexibility index (Phi) is 3.30. The first-order valence-electron chi connectivity index (χ1n) is 7.84. The molecule has 0 radical (unpaired) electrons. The van der Waals surface area contributed by atoms with E-state index in [9.17, 15) is 4.79 Å². The van der Waals surface area contributed by atoms with Crippen molar-refractivity contribution in [1.29, 1.82) is 0 Å². The molecule has 2 aromatic rings. The van der Waals surface area contributed by atoms with Crippen molar-refractivity contribution >= 4 is 10.9 Å². The van der Waals surface area contributed by atoms with E-state index in [2.05, 4.69) is 4.98 Å². The van der Waals surface area contributed by atoms with Crippen LogP contribution in [0.15, 0.2) is 16.9 Å². The molecule has 4 rings (SSSR count). The van der Waals surface area contributed by atoms with Crippen LogP contribution in [-0.4, -0.2) is 24.8 Å². The SMILES string of the molecule is CCOCc1c(C2CC2)c2cc3c(cc2[nH]c1=O)OCCO3. The Labute approximate surface area is 128 Å². The van der Waals surface area contributed by atoms with Crippen LogP contribution in [0.25, 0.3) is 10.9 Å². The van der Waals surface area contributed by atoms with Crippen LogP contribution in [0.2, 0.25) is 0 Å². The standard InChI is InChI=1S/C17H19NO4/c1-2-20-9-12-16(10-3-4-10)11-7-14-15(22-6-5-21-14)8-13(11)18-17(12)19/h7-8,10H,2-6,9H2,1H3,(H,18,19). The number of nitrogens with one attached hydrogen (secondary N) is 1. The van der Waals surface area contributed by atoms with Gasteiger partial charge in [0.1, 0.15) is 13.2 Å². The molecule has 0 saturated heterocycles. The monoisotopic (exact) mass is 301 g/mol. The first kappa shape index (κ1) is 13.6. The largest absolute Gasteiger partial charge is 0.486 e. The number of H-pyrrole nitrogens is 1. The molecule has 1 N–H and O–H groups in total. The maximum absolute atomic E-state index is 12.5. The summed E-state index contributed by atoms with van der Waals surface area (Å²) in [5, 5.41) is 1.06. The number of rotatable bonds is 4. The summed E-state index contributed by atoms with van der Waals surface area (Å²) < 4.78 is 16.8. The van der Waals surface area contributed by atoms with Crippen molar-refractivity contribution in [2.45, 2.75) is 32.3 Å². The van der Waals surface area contributed by atoms with Gasteiger partial charge in [0.25, 0.3) is 5.56 Å². The molecule has 0 bridgehead atoms. The minimum absolute atomic E-state index is 0.0560. The van der Waals surface area contributed by atoms with Crippen LogP contribution >= 0.6 is 0 Å². The van der Waals surface area contributed by atoms with Gasteiger partial charge in [0.05, 0.1) is 12.1 Å². The van der Waals surface area contributed by atoms with Crippen LogP contribution in [-0.2, 0) is 11.3 Å². The highest BCUT2D eigenvalue weighted by Crippen LogP contribution is 2.46. The number of hydrogen-bond acceptors (Lipinski definition) is 4. The number of aromatic amines is 1. The molecular weight excluding hydrogens is 282 g/mol. The Morgan fingerprint density at radius 1 is 1.23 bits per heavy atom. The van der Waals surface area contributed by atoms with E-state index in [1.54, 1.807) is 0 Å². The maximum atomic E-state index is 12.5. The van der Waals surface area contributed by atoms with Gasteiger partial charge in [-0.05, 0) is 37.3 Å². The summed E-state index contributed by atoms with van der Waals surface area (Å²) in [6.07, 6.45) is 2.26. The van der Waals surface area contributed by atoms with Gasteiger partial charge in [-0.15, -0.1) is 0 Å². The molecule has 1 aromatic heterocycles. The third kappa shape index (κ3) is 2.25. The van der Waals surface area contributed by atoms with Crippen LogP contribution in [0.4, 0.5) is 0 Å². The van der Waals surface area contributed by atoms with Gasteiger partial charge < -0.3 is 19.2 Å². The van der Waals surface area contributed by atoms with E-state index in [0.29, 0.717) is 38.1 Å². The predicted molar refractivity (Wildman–Crippen MR) is 82.9 cm³/mol. The fraction of sp³-hybridized carbons (Fsp3) is 0.471. The summed E-state index contributed by atoms with van der Waals surface area (Å²) in [4.78, 5) is 15.4. The molecule has 116 valence electrons. The van der Waals surface area contributed by atoms with Gasteiger partial charge in [0.2, 0.25) is 0 Å². The minimum Gasteiger partial charge on any atom is -0.486 e. The molecule has 1 saturated carbocycles. The van der Waals surface area contributed by atoms with E-state index >= 15 is 0 Å². The van der Waals surface area contributed by atoms with E-state index in [4.69, 9.17) is 14.2 Å². The molecule has 22 heavy (non-hydrogen) atoms. The van der Waals surface area contributed by atoms with E-state index in [-0.39, 0.29) is 5.56 Å². The molecule has 2 aliphatic rings. The molecule has 1 aliphatic carbocycles. The van der Waals surface area contributed by atoms with Crippen molar-refractivity contribution in [2.75, 3.05) is 19.8 Å². The van der Waals surface area contributed by atoms with Crippen LogP contribution < -0.4 is 15.0 Å². The number of ether oxygens (including phenoxy) is 3. The summed E-state index contributed by atoms with van der Waals surface area (Å²) in [7, 11) is 0. The van der Waals surface area contributed by atoms with Crippen LogP contribution in [0, 0.1) is 0 Å². The Morgan fingerprint density at radius 2 is 1.95 bits per heavy atom. The van der Waals surface area contributed by atoms with Crippen molar-refractivity contribution in [2.24, 2.45) is 0 Å². The zero-order chi connectivity index (χ0) is 15.1. The molecule has 0 atom stereocenters. The molecular formula is C17H19NO4. The van der Waals surface area contributed by atoms with E-state index in [0.717, 1.165) is 40.6 Å². The van der Waals surface area contributed by atoms with Crippen LogP contribution in [0.5, 0.6) is 11.5 Å². The van der Waals surface area contributed by atoms with E-state index < -0.39 is 0 Å². The summed E-state index contributed by atoms with van der Waals surface area (Å²) in [5.74, 6) is 1.92. The highest BCUT2D eigenvalue weighted by atomic mass is 16.6. The number of benzene rings is 1. The average Bonchev–Trinajstić information content (AvgIpc) is 3.35. The van der Waals surface area contributed by atoms with Crippen LogP contribution in [0.3, 0.4) is 0 Å². The molecule has 0 spiro atoms. The average molecular weight is 301 g/mol. The quantitative estimate of drug-likeness (QED) is 0.943. The Hall–Kier alpha value is -2.01. The smallest absolute Gasteiger partial charge is 0.254 e. The van der Waals surface area contributed by atoms with Crippen LogP contribution in [0.1, 0.15) is 36.8 Å². The van der Waals surface area contributed by atoms with Gasteiger partial charge in [-0.25, -0.2) is 0 Å². The summed E-state index contributed by atoms with van der Waals surface area (Å²) in [5.41, 5.74) is 2.65. The fourth-order valence-corrected chi connectivity index (χ4v) is 3.08. The zero-order valence-electron chi connectivity index (χ0n) is 12.6. The lowest BCUT2D eigenvalue weighted by atomic mass is 9.99. The maximum Gasteiger partial charge on any atom is 0.254 e. The molecule has 5 heteroatoms. The molecule has 1 fully saturated rings. The van der Waals surface area contributed by atoms with Crippen molar-refractivity contribution in [1.82, 2.24) is 4.98 Å². The first-order valence-corrected chi connectivity index (χ1v) is 7.84. The third-order valence-corrected chi connectivity index (χ3v) is 4.26. The molecule has 5 nitrogen and oxygen atoms in total. The second-order valence-corrected chi connectivity index (χ2v) is 5.80. The Balaban J connectivity index is 1.94. The lowest BCUT2D eigenvalue weighted by Gasteiger charge is -2.20. The molecule has 0 unspecified atom stereocenters. The van der Waals surface area contributed by atoms with Crippen molar-refractivity contribution in [3.05, 3.63) is 33.6 Å². The second-order valence-electron chi connectivity index (χ2n) is 5.80. The normalized spacial score (nSPS) is 17.0. The van der Waals surface area contributed by atoms with Gasteiger partial charge in [-0.1, -0.05) is 0 Å². The number of fused-ring (bicyclic) bond motifs is 2. The summed E-state index contributed by atoms with van der Waals surface area (Å²) in [6.45, 7) is 4.01. The van der Waals surface area contributed by atoms with Gasteiger partial charge in [0.15, 0.2) is 11.5 Å².